The van der Waals surface area contributed by atoms with E-state index in [1.807, 2.05) is 0 Å². The van der Waals surface area contributed by atoms with Gasteiger partial charge in [0, 0.05) is 0 Å². The molecule has 0 spiro atoms. The third kappa shape index (κ3) is 1.69. The molecule has 0 fully saturated rings. The Morgan fingerprint density at radius 3 is 2.33 bits per heavy atom. The molecule has 0 aromatic heterocycles. The van der Waals surface area contributed by atoms with E-state index >= 15 is 0 Å². The molecule has 3 rings (SSSR count). The van der Waals surface area contributed by atoms with Gasteiger partial charge in [-0.15, -0.1) is 0 Å². The average molecular weight is 234 g/mol. The summed E-state index contributed by atoms with van der Waals surface area (Å²) in [5, 5.41) is 5.46. The predicted molar refractivity (Wildman–Crippen MR) is 80.3 cm³/mol. The van der Waals surface area contributed by atoms with Crippen LogP contribution in [0.5, 0.6) is 0 Å². The lowest BCUT2D eigenvalue weighted by atomic mass is 9.93. The van der Waals surface area contributed by atoms with Crippen LogP contribution >= 0.6 is 0 Å². The molecule has 0 nitrogen and oxygen atoms in total. The highest BCUT2D eigenvalue weighted by Crippen LogP contribution is 2.30. The van der Waals surface area contributed by atoms with Gasteiger partial charge < -0.3 is 0 Å². The number of hydrogen-bond acceptors (Lipinski definition) is 0. The van der Waals surface area contributed by atoms with E-state index in [0.717, 1.165) is 0 Å². The van der Waals surface area contributed by atoms with Gasteiger partial charge in [-0.2, -0.15) is 0 Å². The Hall–Kier alpha value is -1.82. The van der Waals surface area contributed by atoms with E-state index in [9.17, 15) is 0 Å². The molecule has 0 saturated carbocycles. The van der Waals surface area contributed by atoms with Gasteiger partial charge in [0.25, 0.3) is 0 Å². The van der Waals surface area contributed by atoms with Gasteiger partial charge in [0.05, 0.1) is 0 Å². The third-order valence-corrected chi connectivity index (χ3v) is 3.76. The number of fused-ring (bicyclic) bond motifs is 3. The van der Waals surface area contributed by atoms with E-state index in [4.69, 9.17) is 0 Å². The minimum Gasteiger partial charge on any atom is -0.0616 e. The molecule has 0 aliphatic carbocycles. The SMILES string of the molecule is Cc1cc2ccccc2c2cc(C(C)C)ccc12. The van der Waals surface area contributed by atoms with Gasteiger partial charge in [0.1, 0.15) is 0 Å². The normalized spacial score (nSPS) is 11.6. The van der Waals surface area contributed by atoms with Crippen LogP contribution in [-0.4, -0.2) is 0 Å². The van der Waals surface area contributed by atoms with Crippen LogP contribution in [0.1, 0.15) is 30.9 Å². The van der Waals surface area contributed by atoms with Crippen LogP contribution in [0.4, 0.5) is 0 Å². The fourth-order valence-electron chi connectivity index (χ4n) is 2.67. The van der Waals surface area contributed by atoms with Crippen LogP contribution in [-0.2, 0) is 0 Å². The second-order valence-electron chi connectivity index (χ2n) is 5.37. The zero-order valence-corrected chi connectivity index (χ0v) is 11.2. The Labute approximate surface area is 108 Å². The van der Waals surface area contributed by atoms with Crippen LogP contribution in [0.25, 0.3) is 21.5 Å². The van der Waals surface area contributed by atoms with E-state index in [1.165, 1.54) is 32.7 Å². The second kappa shape index (κ2) is 4.13. The van der Waals surface area contributed by atoms with E-state index in [1.54, 1.807) is 0 Å². The monoisotopic (exact) mass is 234 g/mol. The van der Waals surface area contributed by atoms with Gasteiger partial charge in [-0.25, -0.2) is 0 Å². The van der Waals surface area contributed by atoms with Crippen molar-refractivity contribution in [2.24, 2.45) is 0 Å². The molecule has 3 aromatic rings. The standard InChI is InChI=1S/C18H18/c1-12(2)14-8-9-16-13(3)10-15-6-4-5-7-17(15)18(16)11-14/h4-12H,1-3H3. The van der Waals surface area contributed by atoms with Gasteiger partial charge in [0.2, 0.25) is 0 Å². The van der Waals surface area contributed by atoms with Gasteiger partial charge in [-0.3, -0.25) is 0 Å². The van der Waals surface area contributed by atoms with E-state index in [-0.39, 0.29) is 0 Å². The largest absolute Gasteiger partial charge is 0.0616 e. The maximum absolute atomic E-state index is 2.36. The van der Waals surface area contributed by atoms with Crippen LogP contribution in [0.3, 0.4) is 0 Å². The average Bonchev–Trinajstić information content (AvgIpc) is 2.38. The first kappa shape index (κ1) is 11.3. The van der Waals surface area contributed by atoms with Crippen molar-refractivity contribution in [3.63, 3.8) is 0 Å². The first-order chi connectivity index (χ1) is 8.66. The Morgan fingerprint density at radius 2 is 1.56 bits per heavy atom. The molecule has 0 saturated heterocycles. The summed E-state index contributed by atoms with van der Waals surface area (Å²) in [7, 11) is 0. The van der Waals surface area contributed by atoms with Crippen LogP contribution in [0, 0.1) is 6.92 Å². The zero-order chi connectivity index (χ0) is 12.7. The number of benzene rings is 3. The van der Waals surface area contributed by atoms with Crippen molar-refractivity contribution in [3.05, 3.63) is 59.7 Å². The van der Waals surface area contributed by atoms with Crippen molar-refractivity contribution in [3.8, 4) is 0 Å². The fraction of sp³-hybridized carbons (Fsp3) is 0.222. The van der Waals surface area contributed by atoms with Crippen molar-refractivity contribution in [1.82, 2.24) is 0 Å². The Kier molecular flexibility index (Phi) is 2.59. The van der Waals surface area contributed by atoms with E-state index < -0.39 is 0 Å². The van der Waals surface area contributed by atoms with Crippen molar-refractivity contribution in [2.75, 3.05) is 0 Å². The number of rotatable bonds is 1. The molecule has 0 aliphatic heterocycles. The molecule has 0 N–H and O–H groups in total. The maximum Gasteiger partial charge on any atom is -0.00999 e. The van der Waals surface area contributed by atoms with Crippen LogP contribution in [0.15, 0.2) is 48.5 Å². The first-order valence-corrected chi connectivity index (χ1v) is 6.59. The third-order valence-electron chi connectivity index (χ3n) is 3.76. The summed E-state index contributed by atoms with van der Waals surface area (Å²) < 4.78 is 0. The molecule has 3 aromatic carbocycles. The van der Waals surface area contributed by atoms with E-state index in [0.29, 0.717) is 5.92 Å². The molecule has 0 bridgehead atoms. The summed E-state index contributed by atoms with van der Waals surface area (Å²) in [5.74, 6) is 0.577. The molecular weight excluding hydrogens is 216 g/mol. The summed E-state index contributed by atoms with van der Waals surface area (Å²) in [6, 6.07) is 17.8. The topological polar surface area (TPSA) is 0 Å². The first-order valence-electron chi connectivity index (χ1n) is 6.59. The molecule has 0 aliphatic rings. The number of aryl methyl sites for hydroxylation is 1. The molecule has 0 heterocycles. The summed E-state index contributed by atoms with van der Waals surface area (Å²) in [6.07, 6.45) is 0. The highest BCUT2D eigenvalue weighted by molar-refractivity contribution is 6.09. The second-order valence-corrected chi connectivity index (χ2v) is 5.37. The molecule has 0 amide bonds. The zero-order valence-electron chi connectivity index (χ0n) is 11.2. The molecule has 0 atom stereocenters. The number of hydrogen-bond donors (Lipinski definition) is 0. The van der Waals surface area contributed by atoms with Crippen molar-refractivity contribution >= 4 is 21.5 Å². The molecule has 0 unspecified atom stereocenters. The molecule has 0 radical (unpaired) electrons. The lowest BCUT2D eigenvalue weighted by Crippen LogP contribution is -1.89. The summed E-state index contributed by atoms with van der Waals surface area (Å²) in [5.41, 5.74) is 2.78. The lowest BCUT2D eigenvalue weighted by molar-refractivity contribution is 0.869. The lowest BCUT2D eigenvalue weighted by Gasteiger charge is -2.11. The quantitative estimate of drug-likeness (QED) is 0.493. The summed E-state index contributed by atoms with van der Waals surface area (Å²) in [6.45, 7) is 6.70. The van der Waals surface area contributed by atoms with Crippen LogP contribution in [0.2, 0.25) is 0 Å². The van der Waals surface area contributed by atoms with Gasteiger partial charge >= 0.3 is 0 Å². The minimum atomic E-state index is 0.577. The Balaban J connectivity index is 2.47. The summed E-state index contributed by atoms with van der Waals surface area (Å²) in [4.78, 5) is 0. The van der Waals surface area contributed by atoms with Gasteiger partial charge in [-0.05, 0) is 45.5 Å². The van der Waals surface area contributed by atoms with Crippen molar-refractivity contribution in [1.29, 1.82) is 0 Å². The molecule has 90 valence electrons. The van der Waals surface area contributed by atoms with Gasteiger partial charge in [-0.1, -0.05) is 62.4 Å². The van der Waals surface area contributed by atoms with E-state index in [2.05, 4.69) is 69.3 Å². The summed E-state index contributed by atoms with van der Waals surface area (Å²) >= 11 is 0. The van der Waals surface area contributed by atoms with Crippen LogP contribution < -0.4 is 0 Å². The van der Waals surface area contributed by atoms with Gasteiger partial charge in [0.15, 0.2) is 0 Å². The molecule has 0 heteroatoms. The highest BCUT2D eigenvalue weighted by atomic mass is 14.1. The predicted octanol–water partition coefficient (Wildman–Crippen LogP) is 5.42. The fourth-order valence-corrected chi connectivity index (χ4v) is 2.67. The molecular formula is C18H18. The minimum absolute atomic E-state index is 0.577. The van der Waals surface area contributed by atoms with Crippen molar-refractivity contribution in [2.45, 2.75) is 26.7 Å². The highest BCUT2D eigenvalue weighted by Gasteiger charge is 2.06. The van der Waals surface area contributed by atoms with Crippen molar-refractivity contribution < 1.29 is 0 Å². The Morgan fingerprint density at radius 1 is 0.778 bits per heavy atom. The Bertz CT molecular complexity index is 721. The maximum atomic E-state index is 2.36. The molecule has 18 heavy (non-hydrogen) atoms. The smallest absolute Gasteiger partial charge is 0.00999 e.